The van der Waals surface area contributed by atoms with Gasteiger partial charge < -0.3 is 10.4 Å². The van der Waals surface area contributed by atoms with Crippen molar-refractivity contribution in [1.29, 1.82) is 0 Å². The highest BCUT2D eigenvalue weighted by Crippen LogP contribution is 2.36. The van der Waals surface area contributed by atoms with Crippen LogP contribution in [0.25, 0.3) is 5.69 Å². The maximum Gasteiger partial charge on any atom is 0.435 e. The van der Waals surface area contributed by atoms with Crippen molar-refractivity contribution in [2.24, 2.45) is 0 Å². The highest BCUT2D eigenvalue weighted by Gasteiger charge is 2.42. The number of hydrogen-bond donors (Lipinski definition) is 2. The van der Waals surface area contributed by atoms with Gasteiger partial charge >= 0.3 is 12.4 Å². The van der Waals surface area contributed by atoms with E-state index in [0.717, 1.165) is 12.1 Å². The van der Waals surface area contributed by atoms with Crippen LogP contribution in [-0.4, -0.2) is 20.8 Å². The second-order valence-electron chi connectivity index (χ2n) is 5.87. The van der Waals surface area contributed by atoms with Gasteiger partial charge in [0.25, 0.3) is 5.91 Å². The number of alkyl halides is 6. The van der Waals surface area contributed by atoms with Gasteiger partial charge in [0, 0.05) is 17.3 Å². The van der Waals surface area contributed by atoms with Crippen LogP contribution < -0.4 is 5.32 Å². The lowest BCUT2D eigenvalue weighted by Crippen LogP contribution is -2.14. The third-order valence-corrected chi connectivity index (χ3v) is 3.79. The average molecular weight is 415 g/mol. The van der Waals surface area contributed by atoms with E-state index in [2.05, 4.69) is 10.4 Å². The topological polar surface area (TPSA) is 67.2 Å². The molecule has 5 nitrogen and oxygen atoms in total. The third kappa shape index (κ3) is 4.50. The number of carbonyl (C=O) groups excluding carboxylic acids is 1. The van der Waals surface area contributed by atoms with Crippen molar-refractivity contribution < 1.29 is 36.2 Å². The molecule has 0 saturated heterocycles. The first-order valence-corrected chi connectivity index (χ1v) is 7.90. The number of phenolic OH excluding ortho intramolecular Hbond substituents is 1. The molecule has 0 aliphatic carbocycles. The predicted molar refractivity (Wildman–Crippen MR) is 89.6 cm³/mol. The van der Waals surface area contributed by atoms with Gasteiger partial charge in [-0.15, -0.1) is 0 Å². The number of hydrogen-bond acceptors (Lipinski definition) is 3. The number of aromatic nitrogens is 2. The number of halogens is 6. The van der Waals surface area contributed by atoms with Crippen LogP contribution in [0.3, 0.4) is 0 Å². The quantitative estimate of drug-likeness (QED) is 0.600. The number of benzene rings is 2. The highest BCUT2D eigenvalue weighted by molar-refractivity contribution is 6.04. The Bertz CT molecular complexity index is 1020. The summed E-state index contributed by atoms with van der Waals surface area (Å²) >= 11 is 0. The number of nitrogens with one attached hydrogen (secondary N) is 1. The first-order chi connectivity index (χ1) is 13.4. The summed E-state index contributed by atoms with van der Waals surface area (Å²) in [6, 6.07) is 9.88. The van der Waals surface area contributed by atoms with Gasteiger partial charge in [0.15, 0.2) is 5.69 Å². The number of amides is 1. The summed E-state index contributed by atoms with van der Waals surface area (Å²) in [5, 5.41) is 14.7. The molecule has 0 atom stereocenters. The smallest absolute Gasteiger partial charge is 0.435 e. The first kappa shape index (κ1) is 20.2. The fourth-order valence-corrected chi connectivity index (χ4v) is 2.42. The number of carbonyl (C=O) groups is 1. The summed E-state index contributed by atoms with van der Waals surface area (Å²) < 4.78 is 77.8. The van der Waals surface area contributed by atoms with Crippen molar-refractivity contribution in [3.05, 3.63) is 71.5 Å². The van der Waals surface area contributed by atoms with E-state index in [1.165, 1.54) is 36.4 Å². The Kier molecular flexibility index (Phi) is 4.99. The molecule has 3 rings (SSSR count). The van der Waals surface area contributed by atoms with Gasteiger partial charge in [-0.05, 0) is 48.5 Å². The van der Waals surface area contributed by atoms with E-state index in [1.807, 2.05) is 0 Å². The summed E-state index contributed by atoms with van der Waals surface area (Å²) in [7, 11) is 0. The van der Waals surface area contributed by atoms with Crippen LogP contribution in [-0.2, 0) is 12.4 Å². The largest absolute Gasteiger partial charge is 0.508 e. The molecule has 0 bridgehead atoms. The second-order valence-corrected chi connectivity index (χ2v) is 5.87. The SMILES string of the molecule is O=C(Nc1ccc(-n2nc(C(F)(F)F)cc2C(F)(F)F)cc1)c1ccc(O)cc1. The second kappa shape index (κ2) is 7.15. The standard InChI is InChI=1S/C18H11F6N3O2/c19-17(20,21)14-9-15(18(22,23)24)27(26-14)12-5-3-11(4-6-12)25-16(29)10-1-7-13(28)8-2-10/h1-9,28H,(H,25,29). The van der Waals surface area contributed by atoms with Gasteiger partial charge in [0.05, 0.1) is 5.69 Å². The van der Waals surface area contributed by atoms with Gasteiger partial charge in [-0.1, -0.05) is 0 Å². The van der Waals surface area contributed by atoms with Crippen molar-refractivity contribution in [2.75, 3.05) is 5.32 Å². The highest BCUT2D eigenvalue weighted by atomic mass is 19.4. The zero-order valence-corrected chi connectivity index (χ0v) is 14.2. The molecular weight excluding hydrogens is 404 g/mol. The van der Waals surface area contributed by atoms with E-state index in [9.17, 15) is 36.2 Å². The monoisotopic (exact) mass is 415 g/mol. The van der Waals surface area contributed by atoms with E-state index in [4.69, 9.17) is 0 Å². The molecule has 0 unspecified atom stereocenters. The summed E-state index contributed by atoms with van der Waals surface area (Å²) in [6.45, 7) is 0. The Morgan fingerprint density at radius 2 is 1.48 bits per heavy atom. The predicted octanol–water partition coefficient (Wildman–Crippen LogP) is 4.87. The van der Waals surface area contributed by atoms with Crippen LogP contribution in [0.15, 0.2) is 54.6 Å². The Hall–Kier alpha value is -3.50. The zero-order chi connectivity index (χ0) is 21.4. The molecule has 0 saturated carbocycles. The molecule has 0 radical (unpaired) electrons. The maximum atomic E-state index is 13.1. The van der Waals surface area contributed by atoms with Crippen molar-refractivity contribution in [3.63, 3.8) is 0 Å². The van der Waals surface area contributed by atoms with Crippen LogP contribution in [0, 0.1) is 0 Å². The van der Waals surface area contributed by atoms with Crippen LogP contribution in [0.2, 0.25) is 0 Å². The molecule has 0 spiro atoms. The molecule has 0 fully saturated rings. The van der Waals surface area contributed by atoms with Crippen molar-refractivity contribution in [2.45, 2.75) is 12.4 Å². The molecular formula is C18H11F6N3O2. The molecule has 1 aromatic heterocycles. The number of anilines is 1. The van der Waals surface area contributed by atoms with Crippen molar-refractivity contribution in [3.8, 4) is 11.4 Å². The molecule has 2 aromatic carbocycles. The Morgan fingerprint density at radius 3 is 2.00 bits per heavy atom. The molecule has 152 valence electrons. The summed E-state index contributed by atoms with van der Waals surface area (Å²) in [5.41, 5.74) is -3.10. The minimum Gasteiger partial charge on any atom is -0.508 e. The number of phenols is 1. The van der Waals surface area contributed by atoms with Crippen molar-refractivity contribution in [1.82, 2.24) is 9.78 Å². The fraction of sp³-hybridized carbons (Fsp3) is 0.111. The Labute approximate surface area is 159 Å². The molecule has 2 N–H and O–H groups in total. The first-order valence-electron chi connectivity index (χ1n) is 7.90. The molecule has 1 amide bonds. The van der Waals surface area contributed by atoms with E-state index < -0.39 is 29.6 Å². The summed E-state index contributed by atoms with van der Waals surface area (Å²) in [5.74, 6) is -0.587. The normalized spacial score (nSPS) is 12.1. The third-order valence-electron chi connectivity index (χ3n) is 3.79. The van der Waals surface area contributed by atoms with Crippen LogP contribution in [0.5, 0.6) is 5.75 Å². The van der Waals surface area contributed by atoms with Crippen LogP contribution >= 0.6 is 0 Å². The van der Waals surface area contributed by atoms with Gasteiger partial charge in [0.2, 0.25) is 0 Å². The van der Waals surface area contributed by atoms with Crippen molar-refractivity contribution >= 4 is 11.6 Å². The van der Waals surface area contributed by atoms with Gasteiger partial charge in [-0.2, -0.15) is 31.4 Å². The summed E-state index contributed by atoms with van der Waals surface area (Å²) in [6.07, 6.45) is -10.1. The number of aromatic hydroxyl groups is 1. The van der Waals surface area contributed by atoms with Crippen LogP contribution in [0.4, 0.5) is 32.0 Å². The van der Waals surface area contributed by atoms with E-state index in [1.54, 1.807) is 0 Å². The minimum absolute atomic E-state index is 0.0381. The van der Waals surface area contributed by atoms with Gasteiger partial charge in [-0.3, -0.25) is 4.79 Å². The Morgan fingerprint density at radius 1 is 0.897 bits per heavy atom. The van der Waals surface area contributed by atoms with E-state index in [0.29, 0.717) is 0 Å². The van der Waals surface area contributed by atoms with E-state index in [-0.39, 0.29) is 33.4 Å². The van der Waals surface area contributed by atoms with Gasteiger partial charge in [0.1, 0.15) is 11.4 Å². The minimum atomic E-state index is -5.05. The molecule has 1 heterocycles. The lowest BCUT2D eigenvalue weighted by atomic mass is 10.2. The molecule has 29 heavy (non-hydrogen) atoms. The molecule has 3 aromatic rings. The van der Waals surface area contributed by atoms with Crippen LogP contribution in [0.1, 0.15) is 21.7 Å². The lowest BCUT2D eigenvalue weighted by Gasteiger charge is -2.11. The average Bonchev–Trinajstić information content (AvgIpc) is 3.09. The molecule has 0 aliphatic rings. The van der Waals surface area contributed by atoms with E-state index >= 15 is 0 Å². The van der Waals surface area contributed by atoms with Gasteiger partial charge in [-0.25, -0.2) is 4.68 Å². The molecule has 11 heteroatoms. The lowest BCUT2D eigenvalue weighted by molar-refractivity contribution is -0.143. The zero-order valence-electron chi connectivity index (χ0n) is 14.2. The number of rotatable bonds is 3. The molecule has 0 aliphatic heterocycles. The number of nitrogens with zero attached hydrogens (tertiary/aromatic N) is 2. The maximum absolute atomic E-state index is 13.1. The summed E-state index contributed by atoms with van der Waals surface area (Å²) in [4.78, 5) is 12.1. The Balaban J connectivity index is 1.87. The fourth-order valence-electron chi connectivity index (χ4n) is 2.42.